The third-order valence-corrected chi connectivity index (χ3v) is 10.9. The lowest BCUT2D eigenvalue weighted by Crippen LogP contribution is -2.51. The summed E-state index contributed by atoms with van der Waals surface area (Å²) in [7, 11) is -2.66. The minimum Gasteiger partial charge on any atom is -0.496 e. The van der Waals surface area contributed by atoms with E-state index in [1.165, 1.54) is 23.5 Å². The van der Waals surface area contributed by atoms with Gasteiger partial charge in [-0.05, 0) is 54.7 Å². The molecule has 3 N–H and O–H groups in total. The molecule has 3 heterocycles. The lowest BCUT2D eigenvalue weighted by molar-refractivity contribution is -0.110. The van der Waals surface area contributed by atoms with E-state index in [-0.39, 0.29) is 48.8 Å². The first-order valence-electron chi connectivity index (χ1n) is 16.8. The van der Waals surface area contributed by atoms with Crippen molar-refractivity contribution < 1.29 is 42.1 Å². The summed E-state index contributed by atoms with van der Waals surface area (Å²) in [4.78, 5) is 26.2. The molecule has 3 aromatic rings. The van der Waals surface area contributed by atoms with Gasteiger partial charge >= 0.3 is 6.09 Å². The summed E-state index contributed by atoms with van der Waals surface area (Å²) in [5.41, 5.74) is 2.72. The van der Waals surface area contributed by atoms with E-state index in [4.69, 9.17) is 18.9 Å². The Morgan fingerprint density at radius 1 is 1.08 bits per heavy atom. The SMILES string of the molecule is COc1ccccc1/C=C1\C(=O)Nc2ccc(S(=O)(=O)N(CC(C)C)C[C@@H](O)[C@H](Cc3ccccc3)NC(=O)OC3COC4OCCC34)cc21. The van der Waals surface area contributed by atoms with Crippen molar-refractivity contribution in [2.45, 2.75) is 56.1 Å². The molecule has 2 saturated heterocycles. The van der Waals surface area contributed by atoms with E-state index in [1.807, 2.05) is 56.3 Å². The Hall–Kier alpha value is -4.27. The number of ether oxygens (including phenoxy) is 4. The van der Waals surface area contributed by atoms with Gasteiger partial charge in [0.05, 0.1) is 43.3 Å². The fraction of sp³-hybridized carbons (Fsp3) is 0.405. The monoisotopic (exact) mass is 705 g/mol. The van der Waals surface area contributed by atoms with E-state index in [2.05, 4.69) is 10.6 Å². The van der Waals surface area contributed by atoms with E-state index in [9.17, 15) is 23.1 Å². The van der Waals surface area contributed by atoms with Gasteiger partial charge in [0.2, 0.25) is 10.0 Å². The molecule has 50 heavy (non-hydrogen) atoms. The number of amides is 2. The first-order chi connectivity index (χ1) is 24.0. The third-order valence-electron chi connectivity index (χ3n) is 9.12. The maximum absolute atomic E-state index is 14.3. The van der Waals surface area contributed by atoms with Crippen LogP contribution >= 0.6 is 0 Å². The molecule has 0 aromatic heterocycles. The molecule has 0 saturated carbocycles. The number of anilines is 1. The Morgan fingerprint density at radius 3 is 2.60 bits per heavy atom. The molecule has 5 atom stereocenters. The zero-order valence-electron chi connectivity index (χ0n) is 28.3. The van der Waals surface area contributed by atoms with E-state index >= 15 is 0 Å². The van der Waals surface area contributed by atoms with Gasteiger partial charge in [0.1, 0.15) is 11.9 Å². The number of para-hydroxylation sites is 1. The van der Waals surface area contributed by atoms with Gasteiger partial charge in [-0.15, -0.1) is 0 Å². The Bertz CT molecular complexity index is 1830. The molecule has 12 nitrogen and oxygen atoms in total. The summed E-state index contributed by atoms with van der Waals surface area (Å²) >= 11 is 0. The van der Waals surface area contributed by atoms with Crippen molar-refractivity contribution in [1.29, 1.82) is 0 Å². The topological polar surface area (TPSA) is 153 Å². The van der Waals surface area contributed by atoms with Gasteiger partial charge in [0.15, 0.2) is 6.29 Å². The second-order valence-corrected chi connectivity index (χ2v) is 15.1. The summed E-state index contributed by atoms with van der Waals surface area (Å²) in [6.07, 6.45) is -0.306. The molecule has 3 unspecified atom stereocenters. The average molecular weight is 706 g/mol. The van der Waals surface area contributed by atoms with Crippen LogP contribution in [0, 0.1) is 11.8 Å². The first kappa shape index (κ1) is 35.6. The van der Waals surface area contributed by atoms with Crippen molar-refractivity contribution in [1.82, 2.24) is 9.62 Å². The summed E-state index contributed by atoms with van der Waals surface area (Å²) in [5.74, 6) is 0.0488. The van der Waals surface area contributed by atoms with Crippen molar-refractivity contribution in [3.63, 3.8) is 0 Å². The van der Waals surface area contributed by atoms with E-state index in [0.717, 1.165) is 5.56 Å². The Balaban J connectivity index is 1.25. The summed E-state index contributed by atoms with van der Waals surface area (Å²) in [5, 5.41) is 17.3. The molecular weight excluding hydrogens is 662 g/mol. The van der Waals surface area contributed by atoms with Gasteiger partial charge in [0, 0.05) is 35.5 Å². The standard InChI is InChI=1S/C37H43N3O9S/c1-23(2)20-40(50(44,45)26-13-14-30-28(19-26)29(35(42)38-30)18-25-11-7-8-12-33(25)46-3)21-32(41)31(17-24-9-5-4-6-10-24)39-37(43)49-34-22-48-36-27(34)15-16-47-36/h4-14,18-19,23,27,31-32,34,36,41H,15-17,20-22H2,1-3H3,(H,38,42)(H,39,43)/b29-18-/t27?,31-,32+,34?,36?/m0/s1. The van der Waals surface area contributed by atoms with E-state index in [0.29, 0.717) is 41.2 Å². The normalized spacial score (nSPS) is 21.9. The zero-order chi connectivity index (χ0) is 35.4. The number of benzene rings is 3. The molecule has 3 aliphatic rings. The predicted octanol–water partition coefficient (Wildman–Crippen LogP) is 4.29. The highest BCUT2D eigenvalue weighted by molar-refractivity contribution is 7.89. The van der Waals surface area contributed by atoms with Crippen LogP contribution in [0.1, 0.15) is 37.0 Å². The maximum atomic E-state index is 14.3. The molecule has 266 valence electrons. The largest absolute Gasteiger partial charge is 0.496 e. The molecule has 0 bridgehead atoms. The number of aliphatic hydroxyl groups is 1. The fourth-order valence-electron chi connectivity index (χ4n) is 6.60. The molecule has 0 spiro atoms. The highest BCUT2D eigenvalue weighted by Gasteiger charge is 2.44. The van der Waals surface area contributed by atoms with Gasteiger partial charge in [-0.25, -0.2) is 13.2 Å². The van der Waals surface area contributed by atoms with Gasteiger partial charge < -0.3 is 34.7 Å². The Morgan fingerprint density at radius 2 is 1.84 bits per heavy atom. The molecule has 0 radical (unpaired) electrons. The van der Waals surface area contributed by atoms with Crippen LogP contribution in [0.25, 0.3) is 11.6 Å². The van der Waals surface area contributed by atoms with Crippen LogP contribution in [0.5, 0.6) is 5.75 Å². The number of aliphatic hydroxyl groups excluding tert-OH is 1. The number of sulfonamides is 1. The quantitative estimate of drug-likeness (QED) is 0.221. The summed E-state index contributed by atoms with van der Waals surface area (Å²) in [6.45, 7) is 4.31. The highest BCUT2D eigenvalue weighted by Crippen LogP contribution is 2.37. The first-order valence-corrected chi connectivity index (χ1v) is 18.2. The Labute approximate surface area is 292 Å². The fourth-order valence-corrected chi connectivity index (χ4v) is 8.25. The van der Waals surface area contributed by atoms with Crippen molar-refractivity contribution in [2.24, 2.45) is 11.8 Å². The number of fused-ring (bicyclic) bond motifs is 2. The molecule has 2 amide bonds. The number of nitrogens with one attached hydrogen (secondary N) is 2. The van der Waals surface area contributed by atoms with Crippen molar-refractivity contribution in [3.05, 3.63) is 89.5 Å². The zero-order valence-corrected chi connectivity index (χ0v) is 29.1. The number of nitrogens with zero attached hydrogens (tertiary/aromatic N) is 1. The van der Waals surface area contributed by atoms with Crippen LogP contribution in [0.15, 0.2) is 77.7 Å². The van der Waals surface area contributed by atoms with Crippen LogP contribution in [-0.4, -0.2) is 87.8 Å². The molecule has 2 fully saturated rings. The number of hydrogen-bond donors (Lipinski definition) is 3. The maximum Gasteiger partial charge on any atom is 0.407 e. The summed E-state index contributed by atoms with van der Waals surface area (Å²) < 4.78 is 52.2. The van der Waals surface area contributed by atoms with Crippen LogP contribution in [0.3, 0.4) is 0 Å². The number of rotatable bonds is 13. The molecule has 6 rings (SSSR count). The van der Waals surface area contributed by atoms with Gasteiger partial charge in [-0.2, -0.15) is 4.31 Å². The van der Waals surface area contributed by atoms with Gasteiger partial charge in [-0.3, -0.25) is 4.79 Å². The van der Waals surface area contributed by atoms with Crippen LogP contribution in [-0.2, 0) is 35.4 Å². The lowest BCUT2D eigenvalue weighted by Gasteiger charge is -2.31. The molecule has 0 aliphatic carbocycles. The van der Waals surface area contributed by atoms with Crippen molar-refractivity contribution in [3.8, 4) is 5.75 Å². The van der Waals surface area contributed by atoms with E-state index < -0.39 is 40.7 Å². The van der Waals surface area contributed by atoms with Crippen molar-refractivity contribution in [2.75, 3.05) is 38.7 Å². The van der Waals surface area contributed by atoms with Crippen LogP contribution < -0.4 is 15.4 Å². The summed E-state index contributed by atoms with van der Waals surface area (Å²) in [6, 6.07) is 20.1. The van der Waals surface area contributed by atoms with Gasteiger partial charge in [-0.1, -0.05) is 62.4 Å². The van der Waals surface area contributed by atoms with Crippen LogP contribution in [0.4, 0.5) is 10.5 Å². The number of hydrogen-bond acceptors (Lipinski definition) is 9. The van der Waals surface area contributed by atoms with Crippen molar-refractivity contribution >= 4 is 39.4 Å². The number of carbonyl (C=O) groups excluding carboxylic acids is 2. The van der Waals surface area contributed by atoms with Crippen LogP contribution in [0.2, 0.25) is 0 Å². The highest BCUT2D eigenvalue weighted by atomic mass is 32.2. The van der Waals surface area contributed by atoms with E-state index in [1.54, 1.807) is 24.3 Å². The Kier molecular flexibility index (Phi) is 10.9. The van der Waals surface area contributed by atoms with Gasteiger partial charge in [0.25, 0.3) is 5.91 Å². The molecular formula is C37H43N3O9S. The lowest BCUT2D eigenvalue weighted by atomic mass is 10.0. The average Bonchev–Trinajstić information content (AvgIpc) is 3.80. The number of alkyl carbamates (subject to hydrolysis) is 1. The third kappa shape index (κ3) is 7.87. The number of carbonyl (C=O) groups is 2. The minimum atomic E-state index is -4.19. The predicted molar refractivity (Wildman–Crippen MR) is 187 cm³/mol. The molecule has 13 heteroatoms. The number of methoxy groups -OCH3 is 1. The smallest absolute Gasteiger partial charge is 0.407 e. The molecule has 3 aliphatic heterocycles. The second kappa shape index (κ2) is 15.3. The molecule has 3 aromatic carbocycles. The second-order valence-electron chi connectivity index (χ2n) is 13.2. The minimum absolute atomic E-state index is 0.0342.